The Morgan fingerprint density at radius 3 is 2.72 bits per heavy atom. The van der Waals surface area contributed by atoms with Crippen LogP contribution in [0.4, 0.5) is 0 Å². The third kappa shape index (κ3) is 7.75. The van der Waals surface area contributed by atoms with Crippen LogP contribution in [0.25, 0.3) is 0 Å². The summed E-state index contributed by atoms with van der Waals surface area (Å²) in [7, 11) is 3.88. The van der Waals surface area contributed by atoms with Crippen molar-refractivity contribution in [3.8, 4) is 0 Å². The van der Waals surface area contributed by atoms with Crippen LogP contribution < -0.4 is 5.32 Å². The zero-order chi connectivity index (χ0) is 17.9. The Bertz CT molecular complexity index is 516. The maximum atomic E-state index is 5.80. The van der Waals surface area contributed by atoms with E-state index in [-0.39, 0.29) is 0 Å². The van der Waals surface area contributed by atoms with E-state index in [2.05, 4.69) is 62.5 Å². The highest BCUT2D eigenvalue weighted by molar-refractivity contribution is 9.10. The molecule has 0 amide bonds. The quantitative estimate of drug-likeness (QED) is 0.405. The minimum Gasteiger partial charge on any atom is -0.381 e. The SMILES string of the molecule is CN=C(NCCCOCC1CCOCC1)N(C)Cc1ccc(Br)cc1. The van der Waals surface area contributed by atoms with Gasteiger partial charge in [0.2, 0.25) is 0 Å². The van der Waals surface area contributed by atoms with Crippen molar-refractivity contribution in [2.45, 2.75) is 25.8 Å². The number of benzene rings is 1. The lowest BCUT2D eigenvalue weighted by Crippen LogP contribution is -2.39. The third-order valence-corrected chi connectivity index (χ3v) is 4.88. The lowest BCUT2D eigenvalue weighted by molar-refractivity contribution is 0.0203. The summed E-state index contributed by atoms with van der Waals surface area (Å²) < 4.78 is 12.3. The van der Waals surface area contributed by atoms with Gasteiger partial charge < -0.3 is 19.7 Å². The highest BCUT2D eigenvalue weighted by atomic mass is 79.9. The maximum absolute atomic E-state index is 5.80. The van der Waals surface area contributed by atoms with E-state index in [1.54, 1.807) is 0 Å². The molecule has 1 aliphatic heterocycles. The molecule has 2 rings (SSSR count). The smallest absolute Gasteiger partial charge is 0.193 e. The van der Waals surface area contributed by atoms with Crippen molar-refractivity contribution in [2.24, 2.45) is 10.9 Å². The average Bonchev–Trinajstić information content (AvgIpc) is 2.64. The van der Waals surface area contributed by atoms with E-state index in [9.17, 15) is 0 Å². The predicted octanol–water partition coefficient (Wildman–Crippen LogP) is 3.29. The lowest BCUT2D eigenvalue weighted by Gasteiger charge is -2.23. The first-order chi connectivity index (χ1) is 12.2. The van der Waals surface area contributed by atoms with Gasteiger partial charge in [-0.2, -0.15) is 0 Å². The Morgan fingerprint density at radius 1 is 1.32 bits per heavy atom. The van der Waals surface area contributed by atoms with Crippen LogP contribution in [0, 0.1) is 5.92 Å². The van der Waals surface area contributed by atoms with E-state index in [4.69, 9.17) is 9.47 Å². The van der Waals surface area contributed by atoms with Gasteiger partial charge in [0.1, 0.15) is 0 Å². The van der Waals surface area contributed by atoms with Crippen LogP contribution in [0.1, 0.15) is 24.8 Å². The second-order valence-corrected chi connectivity index (χ2v) is 7.36. The number of rotatable bonds is 8. The number of ether oxygens (including phenoxy) is 2. The third-order valence-electron chi connectivity index (χ3n) is 4.35. The summed E-state index contributed by atoms with van der Waals surface area (Å²) in [5.41, 5.74) is 1.26. The van der Waals surface area contributed by atoms with E-state index >= 15 is 0 Å². The molecule has 1 heterocycles. The number of hydrogen-bond acceptors (Lipinski definition) is 3. The molecule has 0 atom stereocenters. The van der Waals surface area contributed by atoms with Crippen LogP contribution >= 0.6 is 15.9 Å². The van der Waals surface area contributed by atoms with Crippen LogP contribution in [-0.2, 0) is 16.0 Å². The Hall–Kier alpha value is -1.11. The van der Waals surface area contributed by atoms with Gasteiger partial charge in [0.15, 0.2) is 5.96 Å². The molecule has 0 radical (unpaired) electrons. The van der Waals surface area contributed by atoms with Crippen LogP contribution in [0.3, 0.4) is 0 Å². The molecule has 1 N–H and O–H groups in total. The molecule has 1 fully saturated rings. The molecular formula is C19H30BrN3O2. The van der Waals surface area contributed by atoms with Crippen LogP contribution in [-0.4, -0.2) is 57.9 Å². The minimum absolute atomic E-state index is 0.673. The summed E-state index contributed by atoms with van der Waals surface area (Å²) in [6, 6.07) is 8.38. The first-order valence-electron chi connectivity index (χ1n) is 9.00. The first kappa shape index (κ1) is 20.2. The summed E-state index contributed by atoms with van der Waals surface area (Å²) in [5.74, 6) is 1.58. The molecule has 1 saturated heterocycles. The Morgan fingerprint density at radius 2 is 2.04 bits per heavy atom. The molecule has 0 saturated carbocycles. The zero-order valence-electron chi connectivity index (χ0n) is 15.3. The van der Waals surface area contributed by atoms with Crippen LogP contribution in [0.15, 0.2) is 33.7 Å². The Labute approximate surface area is 159 Å². The van der Waals surface area contributed by atoms with Gasteiger partial charge in [-0.05, 0) is 42.9 Å². The fourth-order valence-corrected chi connectivity index (χ4v) is 3.13. The van der Waals surface area contributed by atoms with Crippen molar-refractivity contribution < 1.29 is 9.47 Å². The van der Waals surface area contributed by atoms with Crippen molar-refractivity contribution in [3.05, 3.63) is 34.3 Å². The van der Waals surface area contributed by atoms with Gasteiger partial charge in [-0.25, -0.2) is 0 Å². The second-order valence-electron chi connectivity index (χ2n) is 6.44. The van der Waals surface area contributed by atoms with E-state index < -0.39 is 0 Å². The maximum Gasteiger partial charge on any atom is 0.193 e. The largest absolute Gasteiger partial charge is 0.381 e. The number of hydrogen-bond donors (Lipinski definition) is 1. The molecule has 1 aromatic carbocycles. The Kier molecular flexibility index (Phi) is 9.29. The van der Waals surface area contributed by atoms with Gasteiger partial charge in [0.05, 0.1) is 0 Å². The molecule has 1 aromatic rings. The summed E-state index contributed by atoms with van der Waals surface area (Å²) in [6.45, 7) is 5.12. The standard InChI is InChI=1S/C19H30BrN3O2/c1-21-19(23(2)14-16-4-6-18(20)7-5-16)22-10-3-11-25-15-17-8-12-24-13-9-17/h4-7,17H,3,8-15H2,1-2H3,(H,21,22). The lowest BCUT2D eigenvalue weighted by atomic mass is 10.0. The molecule has 0 aromatic heterocycles. The van der Waals surface area contributed by atoms with Gasteiger partial charge in [0.25, 0.3) is 0 Å². The number of nitrogens with zero attached hydrogens (tertiary/aromatic N) is 2. The minimum atomic E-state index is 0.673. The second kappa shape index (κ2) is 11.5. The fraction of sp³-hybridized carbons (Fsp3) is 0.632. The highest BCUT2D eigenvalue weighted by Crippen LogP contribution is 2.14. The molecule has 140 valence electrons. The molecular weight excluding hydrogens is 382 g/mol. The molecule has 0 unspecified atom stereocenters. The molecule has 25 heavy (non-hydrogen) atoms. The number of nitrogens with one attached hydrogen (secondary N) is 1. The van der Waals surface area contributed by atoms with Gasteiger partial charge in [0, 0.05) is 58.1 Å². The van der Waals surface area contributed by atoms with Crippen LogP contribution in [0.5, 0.6) is 0 Å². The highest BCUT2D eigenvalue weighted by Gasteiger charge is 2.13. The molecule has 5 nitrogen and oxygen atoms in total. The summed E-state index contributed by atoms with van der Waals surface area (Å²) in [5, 5.41) is 3.41. The van der Waals surface area contributed by atoms with Gasteiger partial charge in [-0.3, -0.25) is 4.99 Å². The van der Waals surface area contributed by atoms with Crippen molar-refractivity contribution in [1.29, 1.82) is 0 Å². The molecule has 0 bridgehead atoms. The monoisotopic (exact) mass is 411 g/mol. The van der Waals surface area contributed by atoms with Crippen LogP contribution in [0.2, 0.25) is 0 Å². The van der Waals surface area contributed by atoms with Gasteiger partial charge >= 0.3 is 0 Å². The predicted molar refractivity (Wildman–Crippen MR) is 106 cm³/mol. The average molecular weight is 412 g/mol. The topological polar surface area (TPSA) is 46.1 Å². The fourth-order valence-electron chi connectivity index (χ4n) is 2.86. The van der Waals surface area contributed by atoms with Crippen molar-refractivity contribution >= 4 is 21.9 Å². The molecule has 0 spiro atoms. The van der Waals surface area contributed by atoms with E-state index in [1.165, 1.54) is 5.56 Å². The van der Waals surface area contributed by atoms with Crippen molar-refractivity contribution in [2.75, 3.05) is 47.1 Å². The molecule has 6 heteroatoms. The summed E-state index contributed by atoms with van der Waals surface area (Å²) >= 11 is 3.47. The van der Waals surface area contributed by atoms with E-state index in [1.807, 2.05) is 7.05 Å². The normalized spacial score (nSPS) is 16.0. The Balaban J connectivity index is 1.60. The van der Waals surface area contributed by atoms with Crippen molar-refractivity contribution in [3.63, 3.8) is 0 Å². The van der Waals surface area contributed by atoms with E-state index in [0.29, 0.717) is 5.92 Å². The zero-order valence-corrected chi connectivity index (χ0v) is 16.9. The first-order valence-corrected chi connectivity index (χ1v) is 9.80. The van der Waals surface area contributed by atoms with Crippen molar-refractivity contribution in [1.82, 2.24) is 10.2 Å². The van der Waals surface area contributed by atoms with E-state index in [0.717, 1.165) is 69.2 Å². The number of guanidine groups is 1. The number of aliphatic imine (C=N–C) groups is 1. The van der Waals surface area contributed by atoms with Gasteiger partial charge in [-0.15, -0.1) is 0 Å². The molecule has 0 aliphatic carbocycles. The van der Waals surface area contributed by atoms with Gasteiger partial charge in [-0.1, -0.05) is 28.1 Å². The summed E-state index contributed by atoms with van der Waals surface area (Å²) in [6.07, 6.45) is 3.24. The molecule has 1 aliphatic rings. The number of halogens is 1. The summed E-state index contributed by atoms with van der Waals surface area (Å²) in [4.78, 5) is 6.49.